The Morgan fingerprint density at radius 1 is 1.06 bits per heavy atom. The lowest BCUT2D eigenvalue weighted by molar-refractivity contribution is 0.0939. The van der Waals surface area contributed by atoms with Crippen LogP contribution >= 0.6 is 0 Å². The summed E-state index contributed by atoms with van der Waals surface area (Å²) in [5, 5.41) is 2.99. The molecule has 1 atom stereocenters. The van der Waals surface area contributed by atoms with E-state index < -0.39 is 0 Å². The molecule has 0 saturated heterocycles. The summed E-state index contributed by atoms with van der Waals surface area (Å²) in [4.78, 5) is 30.1. The topological polar surface area (TPSA) is 81.5 Å². The number of hydrogen-bond donors (Lipinski definition) is 1. The van der Waals surface area contributed by atoms with Gasteiger partial charge in [-0.2, -0.15) is 0 Å². The largest absolute Gasteiger partial charge is 0.469 e. The van der Waals surface area contributed by atoms with Crippen LogP contribution in [0.15, 0.2) is 88.5 Å². The van der Waals surface area contributed by atoms with Crippen molar-refractivity contribution in [1.82, 2.24) is 19.3 Å². The molecule has 7 heteroatoms. The van der Waals surface area contributed by atoms with Gasteiger partial charge in [-0.15, -0.1) is 0 Å². The second-order valence-corrected chi connectivity index (χ2v) is 7.86. The Morgan fingerprint density at radius 2 is 1.88 bits per heavy atom. The van der Waals surface area contributed by atoms with Gasteiger partial charge in [0.2, 0.25) is 0 Å². The van der Waals surface area contributed by atoms with Gasteiger partial charge in [0.15, 0.2) is 5.65 Å². The summed E-state index contributed by atoms with van der Waals surface area (Å²) in [5.74, 6) is 0.689. The summed E-state index contributed by atoms with van der Waals surface area (Å²) >= 11 is 0. The first kappa shape index (κ1) is 19.8. The third-order valence-electron chi connectivity index (χ3n) is 5.52. The number of benzene rings is 1. The molecule has 0 aliphatic rings. The van der Waals surface area contributed by atoms with Gasteiger partial charge in [0.25, 0.3) is 11.5 Å². The predicted molar refractivity (Wildman–Crippen MR) is 122 cm³/mol. The monoisotopic (exact) mass is 426 g/mol. The minimum atomic E-state index is -0.144. The average molecular weight is 426 g/mol. The Labute approximate surface area is 183 Å². The summed E-state index contributed by atoms with van der Waals surface area (Å²) in [5.41, 5.74) is 3.47. The Hall–Kier alpha value is -4.13. The van der Waals surface area contributed by atoms with Gasteiger partial charge in [-0.1, -0.05) is 12.1 Å². The highest BCUT2D eigenvalue weighted by atomic mass is 16.3. The number of nitrogens with zero attached hydrogens (tertiary/aromatic N) is 3. The van der Waals surface area contributed by atoms with Crippen LogP contribution in [0.1, 0.15) is 28.6 Å². The molecule has 7 nitrogen and oxygen atoms in total. The third kappa shape index (κ3) is 3.69. The third-order valence-corrected chi connectivity index (χ3v) is 5.52. The molecule has 1 N–H and O–H groups in total. The number of furan rings is 1. The molecular weight excluding hydrogens is 404 g/mol. The normalized spacial score (nSPS) is 12.3. The first-order valence-electron chi connectivity index (χ1n) is 10.5. The number of aromatic nitrogens is 3. The smallest absolute Gasteiger partial charge is 0.276 e. The van der Waals surface area contributed by atoms with Crippen LogP contribution in [-0.4, -0.2) is 25.9 Å². The van der Waals surface area contributed by atoms with E-state index in [1.807, 2.05) is 66.1 Å². The van der Waals surface area contributed by atoms with E-state index >= 15 is 0 Å². The molecule has 0 aliphatic carbocycles. The lowest BCUT2D eigenvalue weighted by atomic mass is 10.1. The number of hydrogen-bond acceptors (Lipinski definition) is 4. The number of carbonyl (C=O) groups excluding carboxylic acids is 1. The number of rotatable bonds is 6. The first-order valence-corrected chi connectivity index (χ1v) is 10.5. The van der Waals surface area contributed by atoms with Crippen molar-refractivity contribution in [2.45, 2.75) is 25.9 Å². The average Bonchev–Trinajstić information content (AvgIpc) is 3.49. The van der Waals surface area contributed by atoms with Crippen molar-refractivity contribution in [3.05, 3.63) is 107 Å². The molecule has 4 heterocycles. The lowest BCUT2D eigenvalue weighted by Crippen LogP contribution is -2.34. The molecule has 0 bridgehead atoms. The van der Waals surface area contributed by atoms with E-state index in [1.165, 1.54) is 0 Å². The molecule has 0 radical (unpaired) electrons. The summed E-state index contributed by atoms with van der Waals surface area (Å²) in [6.07, 6.45) is 5.80. The highest BCUT2D eigenvalue weighted by Gasteiger charge is 2.14. The molecule has 0 aliphatic heterocycles. The molecule has 1 amide bonds. The second kappa shape index (κ2) is 8.19. The summed E-state index contributed by atoms with van der Waals surface area (Å²) in [7, 11) is 0. The van der Waals surface area contributed by atoms with Crippen LogP contribution in [0, 0.1) is 0 Å². The van der Waals surface area contributed by atoms with Crippen LogP contribution in [0.3, 0.4) is 0 Å². The van der Waals surface area contributed by atoms with Crippen LogP contribution in [0.4, 0.5) is 0 Å². The minimum Gasteiger partial charge on any atom is -0.469 e. The molecule has 5 aromatic rings. The first-order chi connectivity index (χ1) is 15.6. The fourth-order valence-corrected chi connectivity index (χ4v) is 3.96. The van der Waals surface area contributed by atoms with Crippen molar-refractivity contribution in [2.75, 3.05) is 0 Å². The second-order valence-electron chi connectivity index (χ2n) is 7.86. The van der Waals surface area contributed by atoms with E-state index in [-0.39, 0.29) is 17.5 Å². The Balaban J connectivity index is 1.37. The van der Waals surface area contributed by atoms with Gasteiger partial charge in [0.05, 0.1) is 18.3 Å². The molecule has 5 rings (SSSR count). The van der Waals surface area contributed by atoms with Crippen LogP contribution in [-0.2, 0) is 13.0 Å². The highest BCUT2D eigenvalue weighted by Crippen LogP contribution is 2.15. The van der Waals surface area contributed by atoms with E-state index in [2.05, 4.69) is 10.3 Å². The van der Waals surface area contributed by atoms with E-state index in [4.69, 9.17) is 4.42 Å². The van der Waals surface area contributed by atoms with Crippen molar-refractivity contribution in [2.24, 2.45) is 0 Å². The van der Waals surface area contributed by atoms with Crippen molar-refractivity contribution in [1.29, 1.82) is 0 Å². The van der Waals surface area contributed by atoms with Gasteiger partial charge < -0.3 is 14.1 Å². The maximum atomic E-state index is 13.1. The minimum absolute atomic E-state index is 0.0573. The predicted octanol–water partition coefficient (Wildman–Crippen LogP) is 3.65. The summed E-state index contributed by atoms with van der Waals surface area (Å²) in [6, 6.07) is 18.4. The molecule has 4 aromatic heterocycles. The number of carbonyl (C=O) groups is 1. The Bertz CT molecular complexity index is 1450. The van der Waals surface area contributed by atoms with Gasteiger partial charge in [-0.3, -0.25) is 14.2 Å². The zero-order chi connectivity index (χ0) is 22.1. The van der Waals surface area contributed by atoms with Crippen molar-refractivity contribution in [3.63, 3.8) is 0 Å². The van der Waals surface area contributed by atoms with E-state index in [1.54, 1.807) is 29.2 Å². The molecule has 0 saturated carbocycles. The van der Waals surface area contributed by atoms with Gasteiger partial charge >= 0.3 is 0 Å². The molecule has 0 fully saturated rings. The van der Waals surface area contributed by atoms with Gasteiger partial charge in [0, 0.05) is 30.4 Å². The van der Waals surface area contributed by atoms with E-state index in [0.717, 1.165) is 16.8 Å². The van der Waals surface area contributed by atoms with Gasteiger partial charge in [-0.05, 0) is 61.0 Å². The standard InChI is InChI=1S/C25H22N4O3/c1-17(15-20-5-4-14-32-20)27-24(30)19-10-8-18(9-11-19)16-29-23-21(6-2-12-26-23)28-13-3-7-22(28)25(29)31/h2-14,17H,15-16H2,1H3,(H,27,30)/t17-/m1/s1. The quantitative estimate of drug-likeness (QED) is 0.449. The summed E-state index contributed by atoms with van der Waals surface area (Å²) < 4.78 is 8.87. The van der Waals surface area contributed by atoms with E-state index in [0.29, 0.717) is 29.7 Å². The number of fused-ring (bicyclic) bond motifs is 3. The fraction of sp³-hybridized carbons (Fsp3) is 0.160. The maximum Gasteiger partial charge on any atom is 0.276 e. The Morgan fingerprint density at radius 3 is 2.66 bits per heavy atom. The highest BCUT2D eigenvalue weighted by molar-refractivity contribution is 5.94. The molecular formula is C25H22N4O3. The van der Waals surface area contributed by atoms with Crippen molar-refractivity contribution in [3.8, 4) is 0 Å². The van der Waals surface area contributed by atoms with Crippen molar-refractivity contribution >= 4 is 22.6 Å². The number of nitrogens with one attached hydrogen (secondary N) is 1. The van der Waals surface area contributed by atoms with Gasteiger partial charge in [-0.25, -0.2) is 4.98 Å². The van der Waals surface area contributed by atoms with Crippen LogP contribution in [0.2, 0.25) is 0 Å². The van der Waals surface area contributed by atoms with Crippen molar-refractivity contribution < 1.29 is 9.21 Å². The summed E-state index contributed by atoms with van der Waals surface area (Å²) in [6.45, 7) is 2.31. The Kier molecular flexibility index (Phi) is 5.07. The van der Waals surface area contributed by atoms with E-state index in [9.17, 15) is 9.59 Å². The van der Waals surface area contributed by atoms with Crippen LogP contribution in [0.5, 0.6) is 0 Å². The molecule has 1 aromatic carbocycles. The zero-order valence-corrected chi connectivity index (χ0v) is 17.6. The van der Waals surface area contributed by atoms with Crippen LogP contribution < -0.4 is 10.9 Å². The molecule has 0 unspecified atom stereocenters. The molecule has 32 heavy (non-hydrogen) atoms. The number of amides is 1. The molecule has 160 valence electrons. The van der Waals surface area contributed by atoms with Gasteiger partial charge in [0.1, 0.15) is 11.3 Å². The number of pyridine rings is 1. The maximum absolute atomic E-state index is 13.1. The van der Waals surface area contributed by atoms with Crippen LogP contribution in [0.25, 0.3) is 16.7 Å². The lowest BCUT2D eigenvalue weighted by Gasteiger charge is -2.14. The zero-order valence-electron chi connectivity index (χ0n) is 17.6. The molecule has 0 spiro atoms. The SMILES string of the molecule is C[C@H](Cc1ccco1)NC(=O)c1ccc(Cn2c(=O)c3cccn3c3cccnc32)cc1. The fourth-order valence-electron chi connectivity index (χ4n) is 3.96.